The predicted octanol–water partition coefficient (Wildman–Crippen LogP) is 3.85. The number of nitrogens with zero attached hydrogens (tertiary/aromatic N) is 2. The molecule has 2 aliphatic rings. The van der Waals surface area contributed by atoms with Crippen LogP contribution in [0.2, 0.25) is 0 Å². The van der Waals surface area contributed by atoms with E-state index in [2.05, 4.69) is 4.90 Å². The molecule has 2 heterocycles. The molecule has 0 saturated carbocycles. The highest BCUT2D eigenvalue weighted by Gasteiger charge is 2.29. The lowest BCUT2D eigenvalue weighted by atomic mass is 9.96. The molecule has 2 fully saturated rings. The van der Waals surface area contributed by atoms with Crippen molar-refractivity contribution in [1.29, 1.82) is 0 Å². The molecular weight excluding hydrogens is 347 g/mol. The van der Waals surface area contributed by atoms with Crippen LogP contribution in [-0.2, 0) is 9.47 Å². The van der Waals surface area contributed by atoms with Crippen LogP contribution in [-0.4, -0.2) is 60.8 Å². The molecule has 27 heavy (non-hydrogen) atoms. The van der Waals surface area contributed by atoms with Gasteiger partial charge in [-0.2, -0.15) is 0 Å². The Labute approximate surface area is 161 Å². The first-order chi connectivity index (χ1) is 12.8. The van der Waals surface area contributed by atoms with Crippen LogP contribution in [0.1, 0.15) is 45.3 Å². The average molecular weight is 378 g/mol. The predicted molar refractivity (Wildman–Crippen MR) is 102 cm³/mol. The maximum absolute atomic E-state index is 13.1. The summed E-state index contributed by atoms with van der Waals surface area (Å²) in [5, 5.41) is 0. The van der Waals surface area contributed by atoms with Gasteiger partial charge in [-0.05, 0) is 57.2 Å². The fourth-order valence-corrected chi connectivity index (χ4v) is 3.74. The van der Waals surface area contributed by atoms with E-state index in [0.29, 0.717) is 12.5 Å². The summed E-state index contributed by atoms with van der Waals surface area (Å²) in [6.45, 7) is 10.7. The number of likely N-dealkylation sites (tertiary alicyclic amines) is 1. The lowest BCUT2D eigenvalue weighted by Gasteiger charge is -2.38. The van der Waals surface area contributed by atoms with Crippen LogP contribution in [0, 0.1) is 11.7 Å². The van der Waals surface area contributed by atoms with E-state index in [1.165, 1.54) is 12.1 Å². The van der Waals surface area contributed by atoms with Gasteiger partial charge in [0.25, 0.3) is 0 Å². The van der Waals surface area contributed by atoms with E-state index < -0.39 is 5.60 Å². The van der Waals surface area contributed by atoms with E-state index in [1.54, 1.807) is 0 Å². The van der Waals surface area contributed by atoms with Crippen LogP contribution >= 0.6 is 0 Å². The monoisotopic (exact) mass is 378 g/mol. The standard InChI is InChI=1S/C21H31FN2O3/c1-21(2,3)27-20(25)24-10-8-16(9-11-24)14-23-12-13-26-19(15-23)17-4-6-18(22)7-5-17/h4-7,16,19H,8-15H2,1-3H3/t19-/m1/s1. The molecule has 1 aromatic rings. The Hall–Kier alpha value is -1.66. The molecule has 2 aliphatic heterocycles. The van der Waals surface area contributed by atoms with Crippen molar-refractivity contribution in [3.8, 4) is 0 Å². The van der Waals surface area contributed by atoms with Crippen molar-refractivity contribution < 1.29 is 18.7 Å². The normalized spacial score (nSPS) is 22.7. The first kappa shape index (κ1) is 20.1. The number of benzene rings is 1. The Morgan fingerprint density at radius 2 is 1.85 bits per heavy atom. The summed E-state index contributed by atoms with van der Waals surface area (Å²) >= 11 is 0. The molecule has 150 valence electrons. The summed E-state index contributed by atoms with van der Waals surface area (Å²) < 4.78 is 24.5. The summed E-state index contributed by atoms with van der Waals surface area (Å²) in [4.78, 5) is 16.4. The van der Waals surface area contributed by atoms with Crippen molar-refractivity contribution in [2.75, 3.05) is 39.3 Å². The molecule has 1 aromatic carbocycles. The van der Waals surface area contributed by atoms with Gasteiger partial charge in [0.05, 0.1) is 12.7 Å². The number of halogens is 1. The zero-order chi connectivity index (χ0) is 19.4. The first-order valence-corrected chi connectivity index (χ1v) is 9.87. The Balaban J connectivity index is 1.46. The van der Waals surface area contributed by atoms with Crippen LogP contribution in [0.3, 0.4) is 0 Å². The summed E-state index contributed by atoms with van der Waals surface area (Å²) in [5.41, 5.74) is 0.581. The SMILES string of the molecule is CC(C)(C)OC(=O)N1CCC(CN2CCO[C@@H](c3ccc(F)cc3)C2)CC1. The largest absolute Gasteiger partial charge is 0.444 e. The highest BCUT2D eigenvalue weighted by Crippen LogP contribution is 2.26. The van der Waals surface area contributed by atoms with E-state index in [1.807, 2.05) is 37.8 Å². The molecule has 1 atom stereocenters. The number of hydrogen-bond acceptors (Lipinski definition) is 4. The summed E-state index contributed by atoms with van der Waals surface area (Å²) in [5.74, 6) is 0.360. The van der Waals surface area contributed by atoms with Gasteiger partial charge < -0.3 is 14.4 Å². The maximum atomic E-state index is 13.1. The second kappa shape index (κ2) is 8.57. The molecule has 0 aromatic heterocycles. The number of hydrogen-bond donors (Lipinski definition) is 0. The minimum absolute atomic E-state index is 0.00111. The quantitative estimate of drug-likeness (QED) is 0.801. The summed E-state index contributed by atoms with van der Waals surface area (Å²) in [6, 6.07) is 6.60. The Morgan fingerprint density at radius 3 is 2.48 bits per heavy atom. The van der Waals surface area contributed by atoms with E-state index in [0.717, 1.165) is 51.1 Å². The van der Waals surface area contributed by atoms with Gasteiger partial charge in [-0.25, -0.2) is 9.18 Å². The number of morpholine rings is 1. The smallest absolute Gasteiger partial charge is 0.410 e. The molecule has 2 saturated heterocycles. The minimum Gasteiger partial charge on any atom is -0.444 e. The van der Waals surface area contributed by atoms with Gasteiger partial charge >= 0.3 is 6.09 Å². The summed E-state index contributed by atoms with van der Waals surface area (Å²) in [6.07, 6.45) is 1.79. The third-order valence-corrected chi connectivity index (χ3v) is 5.17. The van der Waals surface area contributed by atoms with Gasteiger partial charge in [0.1, 0.15) is 11.4 Å². The van der Waals surface area contributed by atoms with Crippen molar-refractivity contribution in [3.05, 3.63) is 35.6 Å². The lowest BCUT2D eigenvalue weighted by Crippen LogP contribution is -2.46. The van der Waals surface area contributed by atoms with Gasteiger partial charge in [0.2, 0.25) is 0 Å². The molecule has 0 aliphatic carbocycles. The molecule has 0 N–H and O–H groups in total. The summed E-state index contributed by atoms with van der Waals surface area (Å²) in [7, 11) is 0. The van der Waals surface area contributed by atoms with Crippen molar-refractivity contribution >= 4 is 6.09 Å². The van der Waals surface area contributed by atoms with E-state index in [4.69, 9.17) is 9.47 Å². The zero-order valence-electron chi connectivity index (χ0n) is 16.6. The molecule has 0 unspecified atom stereocenters. The van der Waals surface area contributed by atoms with E-state index in [9.17, 15) is 9.18 Å². The number of rotatable bonds is 3. The fraction of sp³-hybridized carbons (Fsp3) is 0.667. The number of ether oxygens (including phenoxy) is 2. The molecule has 3 rings (SSSR count). The molecule has 0 spiro atoms. The Kier molecular flexibility index (Phi) is 6.37. The number of amides is 1. The van der Waals surface area contributed by atoms with Crippen molar-refractivity contribution in [2.24, 2.45) is 5.92 Å². The Bertz CT molecular complexity index is 621. The minimum atomic E-state index is -0.447. The molecular formula is C21H31FN2O3. The fourth-order valence-electron chi connectivity index (χ4n) is 3.74. The van der Waals surface area contributed by atoms with Gasteiger partial charge in [0, 0.05) is 32.7 Å². The lowest BCUT2D eigenvalue weighted by molar-refractivity contribution is -0.0377. The number of carbonyl (C=O) groups is 1. The molecule has 0 bridgehead atoms. The van der Waals surface area contributed by atoms with Crippen LogP contribution in [0.25, 0.3) is 0 Å². The van der Waals surface area contributed by atoms with Gasteiger partial charge in [-0.15, -0.1) is 0 Å². The van der Waals surface area contributed by atoms with Crippen molar-refractivity contribution in [1.82, 2.24) is 9.80 Å². The van der Waals surface area contributed by atoms with Crippen LogP contribution in [0.4, 0.5) is 9.18 Å². The van der Waals surface area contributed by atoms with Crippen molar-refractivity contribution in [3.63, 3.8) is 0 Å². The second-order valence-corrected chi connectivity index (χ2v) is 8.58. The van der Waals surface area contributed by atoms with Crippen LogP contribution < -0.4 is 0 Å². The molecule has 0 radical (unpaired) electrons. The van der Waals surface area contributed by atoms with Crippen molar-refractivity contribution in [2.45, 2.75) is 45.3 Å². The molecule has 6 heteroatoms. The average Bonchev–Trinajstić information content (AvgIpc) is 2.62. The third-order valence-electron chi connectivity index (χ3n) is 5.17. The van der Waals surface area contributed by atoms with Gasteiger partial charge in [-0.3, -0.25) is 4.90 Å². The number of carbonyl (C=O) groups excluding carboxylic acids is 1. The highest BCUT2D eigenvalue weighted by molar-refractivity contribution is 5.68. The maximum Gasteiger partial charge on any atom is 0.410 e. The van der Waals surface area contributed by atoms with Gasteiger partial charge in [-0.1, -0.05) is 12.1 Å². The number of piperidine rings is 1. The molecule has 1 amide bonds. The van der Waals surface area contributed by atoms with E-state index >= 15 is 0 Å². The van der Waals surface area contributed by atoms with Crippen LogP contribution in [0.5, 0.6) is 0 Å². The first-order valence-electron chi connectivity index (χ1n) is 9.87. The Morgan fingerprint density at radius 1 is 1.19 bits per heavy atom. The van der Waals surface area contributed by atoms with Crippen LogP contribution in [0.15, 0.2) is 24.3 Å². The van der Waals surface area contributed by atoms with Gasteiger partial charge in [0.15, 0.2) is 0 Å². The second-order valence-electron chi connectivity index (χ2n) is 8.58. The highest BCUT2D eigenvalue weighted by atomic mass is 19.1. The topological polar surface area (TPSA) is 42.0 Å². The third kappa shape index (κ3) is 5.91. The van der Waals surface area contributed by atoms with E-state index in [-0.39, 0.29) is 18.0 Å². The zero-order valence-corrected chi connectivity index (χ0v) is 16.6. The molecule has 5 nitrogen and oxygen atoms in total.